The lowest BCUT2D eigenvalue weighted by Gasteiger charge is -2.00. The van der Waals surface area contributed by atoms with Crippen LogP contribution in [0.5, 0.6) is 0 Å². The molecule has 1 amide bonds. The number of hydrogen-bond donors (Lipinski definition) is 2. The zero-order chi connectivity index (χ0) is 9.68. The average Bonchev–Trinajstić information content (AvgIpc) is 2.15. The van der Waals surface area contributed by atoms with E-state index < -0.39 is 5.91 Å². The molecule has 5 heteroatoms. The Hall–Kier alpha value is -1.29. The van der Waals surface area contributed by atoms with E-state index in [9.17, 15) is 9.59 Å². The molecule has 2 N–H and O–H groups in total. The average molecular weight is 201 g/mol. The van der Waals surface area contributed by atoms with E-state index in [0.717, 1.165) is 0 Å². The second-order valence-electron chi connectivity index (χ2n) is 2.37. The van der Waals surface area contributed by atoms with E-state index in [4.69, 9.17) is 11.6 Å². The lowest BCUT2D eigenvalue weighted by atomic mass is 10.2. The molecule has 0 saturated heterocycles. The van der Waals surface area contributed by atoms with Crippen molar-refractivity contribution < 1.29 is 4.79 Å². The Bertz CT molecular complexity index is 348. The fourth-order valence-corrected chi connectivity index (χ4v) is 0.944. The van der Waals surface area contributed by atoms with Crippen molar-refractivity contribution >= 4 is 17.5 Å². The number of nitrogens with one attached hydrogen (secondary N) is 2. The van der Waals surface area contributed by atoms with E-state index in [2.05, 4.69) is 10.3 Å². The number of rotatable bonds is 3. The fraction of sp³-hybridized carbons (Fsp3) is 0.250. The van der Waals surface area contributed by atoms with E-state index in [-0.39, 0.29) is 11.0 Å². The summed E-state index contributed by atoms with van der Waals surface area (Å²) >= 11 is 5.37. The van der Waals surface area contributed by atoms with Gasteiger partial charge in [-0.3, -0.25) is 9.59 Å². The Labute approximate surface area is 79.9 Å². The lowest BCUT2D eigenvalue weighted by Crippen LogP contribution is -2.29. The number of H-pyrrole nitrogens is 1. The summed E-state index contributed by atoms with van der Waals surface area (Å²) in [7, 11) is 0. The van der Waals surface area contributed by atoms with Crippen LogP contribution in [0.3, 0.4) is 0 Å². The Morgan fingerprint density at radius 2 is 2.38 bits per heavy atom. The monoisotopic (exact) mass is 200 g/mol. The summed E-state index contributed by atoms with van der Waals surface area (Å²) in [6, 6.07) is 1.30. The van der Waals surface area contributed by atoms with Crippen molar-refractivity contribution in [3.63, 3.8) is 0 Å². The molecular formula is C8H9ClN2O2. The lowest BCUT2D eigenvalue weighted by molar-refractivity contribution is 0.0954. The van der Waals surface area contributed by atoms with Gasteiger partial charge in [0.25, 0.3) is 5.91 Å². The van der Waals surface area contributed by atoms with E-state index >= 15 is 0 Å². The summed E-state index contributed by atoms with van der Waals surface area (Å²) in [5, 5.41) is 2.50. The zero-order valence-corrected chi connectivity index (χ0v) is 7.60. The highest BCUT2D eigenvalue weighted by molar-refractivity contribution is 6.18. The van der Waals surface area contributed by atoms with E-state index in [1.807, 2.05) is 0 Å². The molecule has 0 fully saturated rings. The Kier molecular flexibility index (Phi) is 3.52. The maximum Gasteiger partial charge on any atom is 0.256 e. The third kappa shape index (κ3) is 2.59. The number of aromatic amines is 1. The molecule has 70 valence electrons. The molecule has 0 radical (unpaired) electrons. The van der Waals surface area contributed by atoms with E-state index in [1.165, 1.54) is 18.5 Å². The van der Waals surface area contributed by atoms with Crippen LogP contribution in [0.25, 0.3) is 0 Å². The van der Waals surface area contributed by atoms with Crippen molar-refractivity contribution in [1.82, 2.24) is 10.3 Å². The maximum absolute atomic E-state index is 11.2. The first kappa shape index (κ1) is 9.80. The molecule has 0 saturated carbocycles. The molecule has 0 unspecified atom stereocenters. The molecule has 0 spiro atoms. The summed E-state index contributed by atoms with van der Waals surface area (Å²) in [6.45, 7) is 0.356. The molecule has 1 aromatic rings. The number of alkyl halides is 1. The van der Waals surface area contributed by atoms with Gasteiger partial charge in [-0.05, 0) is 0 Å². The van der Waals surface area contributed by atoms with Gasteiger partial charge in [-0.15, -0.1) is 11.6 Å². The molecule has 0 aliphatic carbocycles. The molecule has 1 aromatic heterocycles. The van der Waals surface area contributed by atoms with Crippen molar-refractivity contribution in [3.05, 3.63) is 34.2 Å². The van der Waals surface area contributed by atoms with Crippen molar-refractivity contribution in [2.45, 2.75) is 0 Å². The largest absolute Gasteiger partial charge is 0.367 e. The van der Waals surface area contributed by atoms with Crippen LogP contribution in [0.4, 0.5) is 0 Å². The van der Waals surface area contributed by atoms with Crippen molar-refractivity contribution in [2.75, 3.05) is 12.4 Å². The molecule has 4 nitrogen and oxygen atoms in total. The summed E-state index contributed by atoms with van der Waals surface area (Å²) in [5.41, 5.74) is -0.196. The number of amides is 1. The fourth-order valence-electron chi connectivity index (χ4n) is 0.850. The quantitative estimate of drug-likeness (QED) is 0.692. The van der Waals surface area contributed by atoms with E-state index in [0.29, 0.717) is 12.4 Å². The van der Waals surface area contributed by atoms with Gasteiger partial charge >= 0.3 is 0 Å². The molecule has 0 bridgehead atoms. The van der Waals surface area contributed by atoms with Gasteiger partial charge in [0.05, 0.1) is 0 Å². The standard InChI is InChI=1S/C8H9ClN2O2/c9-2-4-11-8(13)6-5-10-3-1-7(6)12/h1,3,5H,2,4H2,(H,10,12)(H,11,13). The predicted octanol–water partition coefficient (Wildman–Crippen LogP) is 0.343. The zero-order valence-electron chi connectivity index (χ0n) is 6.84. The van der Waals surface area contributed by atoms with Crippen LogP contribution in [-0.4, -0.2) is 23.3 Å². The van der Waals surface area contributed by atoms with Crippen LogP contribution in [0.1, 0.15) is 10.4 Å². The maximum atomic E-state index is 11.2. The van der Waals surface area contributed by atoms with Crippen LogP contribution in [0, 0.1) is 0 Å². The topological polar surface area (TPSA) is 62.0 Å². The smallest absolute Gasteiger partial charge is 0.256 e. The molecule has 1 rings (SSSR count). The molecule has 13 heavy (non-hydrogen) atoms. The van der Waals surface area contributed by atoms with Crippen LogP contribution in [-0.2, 0) is 0 Å². The second-order valence-corrected chi connectivity index (χ2v) is 2.75. The van der Waals surface area contributed by atoms with Crippen LogP contribution in [0.2, 0.25) is 0 Å². The number of carbonyl (C=O) groups is 1. The van der Waals surface area contributed by atoms with Crippen LogP contribution >= 0.6 is 11.6 Å². The van der Waals surface area contributed by atoms with E-state index in [1.54, 1.807) is 0 Å². The number of carbonyl (C=O) groups excluding carboxylic acids is 1. The van der Waals surface area contributed by atoms with Gasteiger partial charge < -0.3 is 10.3 Å². The first-order valence-corrected chi connectivity index (χ1v) is 4.30. The van der Waals surface area contributed by atoms with Crippen molar-refractivity contribution in [2.24, 2.45) is 0 Å². The molecular weight excluding hydrogens is 192 g/mol. The summed E-state index contributed by atoms with van der Waals surface area (Å²) < 4.78 is 0. The minimum Gasteiger partial charge on any atom is -0.367 e. The summed E-state index contributed by atoms with van der Waals surface area (Å²) in [6.07, 6.45) is 2.84. The summed E-state index contributed by atoms with van der Waals surface area (Å²) in [5.74, 6) is -0.0706. The third-order valence-corrected chi connectivity index (χ3v) is 1.64. The number of aromatic nitrogens is 1. The van der Waals surface area contributed by atoms with Crippen molar-refractivity contribution in [1.29, 1.82) is 0 Å². The molecule has 0 atom stereocenters. The Morgan fingerprint density at radius 1 is 1.62 bits per heavy atom. The normalized spacial score (nSPS) is 9.62. The van der Waals surface area contributed by atoms with Gasteiger partial charge in [0, 0.05) is 30.9 Å². The highest BCUT2D eigenvalue weighted by Crippen LogP contribution is 1.87. The highest BCUT2D eigenvalue weighted by Gasteiger charge is 2.07. The van der Waals surface area contributed by atoms with Gasteiger partial charge in [-0.2, -0.15) is 0 Å². The minimum absolute atomic E-state index is 0.104. The number of hydrogen-bond acceptors (Lipinski definition) is 2. The highest BCUT2D eigenvalue weighted by atomic mass is 35.5. The summed E-state index contributed by atoms with van der Waals surface area (Å²) in [4.78, 5) is 25.0. The number of halogens is 1. The third-order valence-electron chi connectivity index (χ3n) is 1.45. The molecule has 0 aliphatic rings. The number of pyridine rings is 1. The van der Waals surface area contributed by atoms with Gasteiger partial charge in [0.2, 0.25) is 0 Å². The van der Waals surface area contributed by atoms with Gasteiger partial charge in [-0.25, -0.2) is 0 Å². The Morgan fingerprint density at radius 3 is 3.00 bits per heavy atom. The second kappa shape index (κ2) is 4.67. The molecule has 1 heterocycles. The van der Waals surface area contributed by atoms with Gasteiger partial charge in [0.1, 0.15) is 5.56 Å². The van der Waals surface area contributed by atoms with Gasteiger partial charge in [0.15, 0.2) is 5.43 Å². The Balaban J connectivity index is 2.77. The molecule has 0 aliphatic heterocycles. The predicted molar refractivity (Wildman–Crippen MR) is 50.1 cm³/mol. The SMILES string of the molecule is O=C(NCCCl)c1c[nH]ccc1=O. The first-order valence-electron chi connectivity index (χ1n) is 3.77. The van der Waals surface area contributed by atoms with Crippen molar-refractivity contribution in [3.8, 4) is 0 Å². The minimum atomic E-state index is -0.400. The van der Waals surface area contributed by atoms with Gasteiger partial charge in [-0.1, -0.05) is 0 Å². The van der Waals surface area contributed by atoms with Crippen LogP contribution in [0.15, 0.2) is 23.3 Å². The first-order chi connectivity index (χ1) is 6.25. The van der Waals surface area contributed by atoms with Crippen LogP contribution < -0.4 is 10.7 Å². The molecule has 0 aromatic carbocycles.